The van der Waals surface area contributed by atoms with Gasteiger partial charge in [-0.1, -0.05) is 44.2 Å². The first-order valence-electron chi connectivity index (χ1n) is 7.02. The van der Waals surface area contributed by atoms with Crippen LogP contribution in [0.3, 0.4) is 0 Å². The zero-order chi connectivity index (χ0) is 13.0. The van der Waals surface area contributed by atoms with Gasteiger partial charge in [-0.15, -0.1) is 0 Å². The van der Waals surface area contributed by atoms with Gasteiger partial charge >= 0.3 is 0 Å². The van der Waals surface area contributed by atoms with Gasteiger partial charge in [0.1, 0.15) is 0 Å². The standard InChI is InChI=1S/C16H25NO/c1-16(2)10-8-14(9-11-16)17-15(12-18)13-6-4-3-5-7-13/h3-7,14-15,17-18H,8-12H2,1-2H3/t15-/m0/s1. The van der Waals surface area contributed by atoms with Gasteiger partial charge in [0, 0.05) is 6.04 Å². The molecule has 0 unspecified atom stereocenters. The Morgan fingerprint density at radius 1 is 1.22 bits per heavy atom. The summed E-state index contributed by atoms with van der Waals surface area (Å²) in [5, 5.41) is 13.2. The largest absolute Gasteiger partial charge is 0.394 e. The van der Waals surface area contributed by atoms with Gasteiger partial charge in [-0.3, -0.25) is 0 Å². The minimum atomic E-state index is 0.0809. The van der Waals surface area contributed by atoms with E-state index in [0.717, 1.165) is 0 Å². The van der Waals surface area contributed by atoms with Gasteiger partial charge in [-0.05, 0) is 36.7 Å². The van der Waals surface area contributed by atoms with Crippen LogP contribution in [0.15, 0.2) is 30.3 Å². The predicted octanol–water partition coefficient (Wildman–Crippen LogP) is 3.28. The summed E-state index contributed by atoms with van der Waals surface area (Å²) in [5.74, 6) is 0. The number of hydrogen-bond donors (Lipinski definition) is 2. The Morgan fingerprint density at radius 2 is 1.83 bits per heavy atom. The van der Waals surface area contributed by atoms with Crippen LogP contribution >= 0.6 is 0 Å². The van der Waals surface area contributed by atoms with E-state index >= 15 is 0 Å². The predicted molar refractivity (Wildman–Crippen MR) is 75.4 cm³/mol. The lowest BCUT2D eigenvalue weighted by Gasteiger charge is -2.36. The summed E-state index contributed by atoms with van der Waals surface area (Å²) in [5.41, 5.74) is 1.68. The average molecular weight is 247 g/mol. The smallest absolute Gasteiger partial charge is 0.0626 e. The number of benzene rings is 1. The number of aliphatic hydroxyl groups is 1. The first-order chi connectivity index (χ1) is 8.61. The molecule has 2 nitrogen and oxygen atoms in total. The van der Waals surface area contributed by atoms with Crippen molar-refractivity contribution < 1.29 is 5.11 Å². The summed E-state index contributed by atoms with van der Waals surface area (Å²) in [4.78, 5) is 0. The van der Waals surface area contributed by atoms with E-state index in [0.29, 0.717) is 11.5 Å². The van der Waals surface area contributed by atoms with E-state index in [1.165, 1.54) is 31.2 Å². The molecule has 1 aliphatic rings. The van der Waals surface area contributed by atoms with Gasteiger partial charge in [-0.2, -0.15) is 0 Å². The third kappa shape index (κ3) is 3.56. The highest BCUT2D eigenvalue weighted by atomic mass is 16.3. The maximum atomic E-state index is 9.55. The van der Waals surface area contributed by atoms with Crippen molar-refractivity contribution in [1.82, 2.24) is 5.32 Å². The van der Waals surface area contributed by atoms with Crippen LogP contribution in [0.2, 0.25) is 0 Å². The third-order valence-corrected chi connectivity index (χ3v) is 4.16. The molecule has 1 aromatic carbocycles. The molecule has 2 heteroatoms. The molecule has 0 saturated heterocycles. The fraction of sp³-hybridized carbons (Fsp3) is 0.625. The second-order valence-electron chi connectivity index (χ2n) is 6.25. The fourth-order valence-corrected chi connectivity index (χ4v) is 2.79. The highest BCUT2D eigenvalue weighted by Crippen LogP contribution is 2.35. The lowest BCUT2D eigenvalue weighted by molar-refractivity contribution is 0.175. The first-order valence-corrected chi connectivity index (χ1v) is 7.02. The zero-order valence-electron chi connectivity index (χ0n) is 11.5. The van der Waals surface area contributed by atoms with Crippen LogP contribution < -0.4 is 5.32 Å². The van der Waals surface area contributed by atoms with Crippen LogP contribution in [0.25, 0.3) is 0 Å². The molecule has 1 saturated carbocycles. The Morgan fingerprint density at radius 3 is 2.39 bits per heavy atom. The summed E-state index contributed by atoms with van der Waals surface area (Å²) in [6, 6.07) is 10.9. The third-order valence-electron chi connectivity index (χ3n) is 4.16. The molecule has 1 fully saturated rings. The normalized spacial score (nSPS) is 21.7. The molecule has 18 heavy (non-hydrogen) atoms. The second-order valence-corrected chi connectivity index (χ2v) is 6.25. The molecule has 2 rings (SSSR count). The lowest BCUT2D eigenvalue weighted by Crippen LogP contribution is -2.39. The summed E-state index contributed by atoms with van der Waals surface area (Å²) in [6.45, 7) is 4.87. The quantitative estimate of drug-likeness (QED) is 0.856. The molecule has 2 N–H and O–H groups in total. The van der Waals surface area contributed by atoms with Gasteiger partial charge in [0.25, 0.3) is 0 Å². The zero-order valence-corrected chi connectivity index (χ0v) is 11.5. The molecule has 0 aromatic heterocycles. The molecule has 0 radical (unpaired) electrons. The monoisotopic (exact) mass is 247 g/mol. The minimum Gasteiger partial charge on any atom is -0.394 e. The van der Waals surface area contributed by atoms with E-state index in [-0.39, 0.29) is 12.6 Å². The summed E-state index contributed by atoms with van der Waals surface area (Å²) in [7, 11) is 0. The highest BCUT2D eigenvalue weighted by Gasteiger charge is 2.27. The second kappa shape index (κ2) is 5.85. The molecule has 0 amide bonds. The maximum absolute atomic E-state index is 9.55. The van der Waals surface area contributed by atoms with Crippen molar-refractivity contribution in [3.63, 3.8) is 0 Å². The Kier molecular flexibility index (Phi) is 4.41. The van der Waals surface area contributed by atoms with Gasteiger partial charge in [0.05, 0.1) is 12.6 Å². The van der Waals surface area contributed by atoms with E-state index < -0.39 is 0 Å². The highest BCUT2D eigenvalue weighted by molar-refractivity contribution is 5.19. The van der Waals surface area contributed by atoms with E-state index in [9.17, 15) is 5.11 Å². The SMILES string of the molecule is CC1(C)CCC(N[C@@H](CO)c2ccccc2)CC1. The Balaban J connectivity index is 1.92. The Hall–Kier alpha value is -0.860. The molecule has 100 valence electrons. The van der Waals surface area contributed by atoms with E-state index in [1.807, 2.05) is 18.2 Å². The molecular weight excluding hydrogens is 222 g/mol. The minimum absolute atomic E-state index is 0.0809. The Bertz CT molecular complexity index is 351. The van der Waals surface area contributed by atoms with Crippen molar-refractivity contribution in [2.75, 3.05) is 6.61 Å². The molecule has 1 aromatic rings. The number of rotatable bonds is 4. The summed E-state index contributed by atoms with van der Waals surface area (Å²) in [6.07, 6.45) is 4.99. The average Bonchev–Trinajstić information content (AvgIpc) is 2.39. The van der Waals surface area contributed by atoms with Crippen molar-refractivity contribution in [3.05, 3.63) is 35.9 Å². The van der Waals surface area contributed by atoms with E-state index in [2.05, 4.69) is 31.3 Å². The van der Waals surface area contributed by atoms with Crippen LogP contribution in [0.5, 0.6) is 0 Å². The van der Waals surface area contributed by atoms with E-state index in [1.54, 1.807) is 0 Å². The van der Waals surface area contributed by atoms with Crippen molar-refractivity contribution >= 4 is 0 Å². The molecule has 1 atom stereocenters. The summed E-state index contributed by atoms with van der Waals surface area (Å²) >= 11 is 0. The fourth-order valence-electron chi connectivity index (χ4n) is 2.79. The molecule has 1 aliphatic carbocycles. The van der Waals surface area contributed by atoms with Crippen LogP contribution in [0, 0.1) is 5.41 Å². The molecule has 0 spiro atoms. The number of aliphatic hydroxyl groups excluding tert-OH is 1. The van der Waals surface area contributed by atoms with Crippen LogP contribution in [0.4, 0.5) is 0 Å². The topological polar surface area (TPSA) is 32.3 Å². The Labute approximate surface area is 110 Å². The van der Waals surface area contributed by atoms with Crippen LogP contribution in [-0.4, -0.2) is 17.8 Å². The van der Waals surface area contributed by atoms with Crippen LogP contribution in [0.1, 0.15) is 51.1 Å². The van der Waals surface area contributed by atoms with Gasteiger partial charge in [-0.25, -0.2) is 0 Å². The number of nitrogens with one attached hydrogen (secondary N) is 1. The van der Waals surface area contributed by atoms with Crippen molar-refractivity contribution in [2.24, 2.45) is 5.41 Å². The first kappa shape index (κ1) is 13.6. The molecule has 0 bridgehead atoms. The van der Waals surface area contributed by atoms with Gasteiger partial charge < -0.3 is 10.4 Å². The van der Waals surface area contributed by atoms with Crippen molar-refractivity contribution in [3.8, 4) is 0 Å². The maximum Gasteiger partial charge on any atom is 0.0626 e. The van der Waals surface area contributed by atoms with E-state index in [4.69, 9.17) is 0 Å². The van der Waals surface area contributed by atoms with Crippen LogP contribution in [-0.2, 0) is 0 Å². The molecular formula is C16H25NO. The molecule has 0 aliphatic heterocycles. The van der Waals surface area contributed by atoms with Crippen molar-refractivity contribution in [1.29, 1.82) is 0 Å². The number of hydrogen-bond acceptors (Lipinski definition) is 2. The van der Waals surface area contributed by atoms with Crippen molar-refractivity contribution in [2.45, 2.75) is 51.6 Å². The molecule has 0 heterocycles. The lowest BCUT2D eigenvalue weighted by atomic mass is 9.75. The van der Waals surface area contributed by atoms with Gasteiger partial charge in [0.15, 0.2) is 0 Å². The summed E-state index contributed by atoms with van der Waals surface area (Å²) < 4.78 is 0. The van der Waals surface area contributed by atoms with Gasteiger partial charge in [0.2, 0.25) is 0 Å².